The number of nitrogens with zero attached hydrogens (tertiary/aromatic N) is 3. The average Bonchev–Trinajstić information content (AvgIpc) is 2.87. The summed E-state index contributed by atoms with van der Waals surface area (Å²) < 4.78 is 0. The maximum absolute atomic E-state index is 10.7. The Bertz CT molecular complexity index is 641. The molecule has 1 N–H and O–H groups in total. The highest BCUT2D eigenvalue weighted by Gasteiger charge is 2.23. The Morgan fingerprint density at radius 1 is 1.35 bits per heavy atom. The normalized spacial score (nSPS) is 14.2. The lowest BCUT2D eigenvalue weighted by molar-refractivity contribution is -0.136. The first-order chi connectivity index (χ1) is 9.65. The Kier molecular flexibility index (Phi) is 3.31. The zero-order valence-electron chi connectivity index (χ0n) is 11.1. The van der Waals surface area contributed by atoms with Crippen LogP contribution in [0.2, 0.25) is 0 Å². The Morgan fingerprint density at radius 3 is 2.85 bits per heavy atom. The minimum absolute atomic E-state index is 0.0219. The van der Waals surface area contributed by atoms with Crippen LogP contribution in [0, 0.1) is 0 Å². The zero-order chi connectivity index (χ0) is 14.1. The van der Waals surface area contributed by atoms with Gasteiger partial charge in [-0.1, -0.05) is 12.1 Å². The second-order valence-corrected chi connectivity index (χ2v) is 5.59. The van der Waals surface area contributed by atoms with Gasteiger partial charge in [0, 0.05) is 25.5 Å². The van der Waals surface area contributed by atoms with E-state index in [0.29, 0.717) is 5.69 Å². The third-order valence-corrected chi connectivity index (χ3v) is 4.26. The van der Waals surface area contributed by atoms with Crippen LogP contribution in [0.25, 0.3) is 0 Å². The van der Waals surface area contributed by atoms with E-state index in [1.54, 1.807) is 0 Å². The number of anilines is 3. The van der Waals surface area contributed by atoms with Crippen molar-refractivity contribution in [3.63, 3.8) is 0 Å². The first-order valence-electron chi connectivity index (χ1n) is 6.39. The van der Waals surface area contributed by atoms with Gasteiger partial charge in [-0.15, -0.1) is 11.3 Å². The molecule has 0 saturated heterocycles. The molecule has 20 heavy (non-hydrogen) atoms. The third-order valence-electron chi connectivity index (χ3n) is 3.35. The molecule has 0 spiro atoms. The first-order valence-corrected chi connectivity index (χ1v) is 7.27. The second kappa shape index (κ2) is 5.13. The van der Waals surface area contributed by atoms with Gasteiger partial charge in [-0.05, 0) is 12.1 Å². The van der Waals surface area contributed by atoms with E-state index >= 15 is 0 Å². The average molecular weight is 289 g/mol. The minimum atomic E-state index is -0.847. The molecule has 2 aromatic rings. The van der Waals surface area contributed by atoms with Gasteiger partial charge in [0.1, 0.15) is 0 Å². The van der Waals surface area contributed by atoms with Crippen LogP contribution < -0.4 is 9.80 Å². The molecule has 2 heterocycles. The highest BCUT2D eigenvalue weighted by Crippen LogP contribution is 2.37. The van der Waals surface area contributed by atoms with E-state index in [9.17, 15) is 4.79 Å². The number of likely N-dealkylation sites (N-methyl/N-ethyl adjacent to an activating group) is 1. The molecule has 0 atom stereocenters. The Morgan fingerprint density at radius 2 is 2.10 bits per heavy atom. The quantitative estimate of drug-likeness (QED) is 0.940. The molecule has 0 fully saturated rings. The topological polar surface area (TPSA) is 56.7 Å². The summed E-state index contributed by atoms with van der Waals surface area (Å²) in [5.74, 6) is -0.847. The van der Waals surface area contributed by atoms with E-state index in [2.05, 4.69) is 34.0 Å². The third kappa shape index (κ3) is 2.34. The first kappa shape index (κ1) is 12.9. The number of rotatable bonds is 3. The van der Waals surface area contributed by atoms with Crippen molar-refractivity contribution in [2.75, 3.05) is 29.9 Å². The SMILES string of the molecule is CN1CCN(c2nc(CC(=O)O)cs2)c2ccccc21. The molecule has 6 heteroatoms. The number of aromatic nitrogens is 1. The number of aliphatic carboxylic acids is 1. The molecule has 3 rings (SSSR count). The van der Waals surface area contributed by atoms with E-state index in [-0.39, 0.29) is 6.42 Å². The van der Waals surface area contributed by atoms with E-state index in [1.807, 2.05) is 17.5 Å². The van der Waals surface area contributed by atoms with E-state index < -0.39 is 5.97 Å². The van der Waals surface area contributed by atoms with Crippen LogP contribution in [0.5, 0.6) is 0 Å². The van der Waals surface area contributed by atoms with Crippen molar-refractivity contribution in [2.24, 2.45) is 0 Å². The lowest BCUT2D eigenvalue weighted by Crippen LogP contribution is -2.36. The Labute approximate surface area is 121 Å². The molecule has 0 unspecified atom stereocenters. The van der Waals surface area contributed by atoms with Crippen LogP contribution in [0.3, 0.4) is 0 Å². The van der Waals surface area contributed by atoms with E-state index in [0.717, 1.165) is 23.9 Å². The number of carboxylic acid groups (broad SMARTS) is 1. The van der Waals surface area contributed by atoms with Crippen molar-refractivity contribution in [1.82, 2.24) is 4.98 Å². The molecular formula is C14H15N3O2S. The number of thiazole rings is 1. The van der Waals surface area contributed by atoms with Crippen molar-refractivity contribution >= 4 is 33.8 Å². The van der Waals surface area contributed by atoms with Gasteiger partial charge in [0.05, 0.1) is 23.5 Å². The molecule has 0 amide bonds. The maximum Gasteiger partial charge on any atom is 0.309 e. The second-order valence-electron chi connectivity index (χ2n) is 4.75. The van der Waals surface area contributed by atoms with E-state index in [1.165, 1.54) is 17.0 Å². The monoisotopic (exact) mass is 289 g/mol. The summed E-state index contributed by atoms with van der Waals surface area (Å²) in [6.45, 7) is 1.78. The van der Waals surface area contributed by atoms with Crippen LogP contribution >= 0.6 is 11.3 Å². The summed E-state index contributed by atoms with van der Waals surface area (Å²) in [5.41, 5.74) is 2.92. The maximum atomic E-state index is 10.7. The molecule has 1 aliphatic heterocycles. The number of carboxylic acids is 1. The van der Waals surface area contributed by atoms with Gasteiger partial charge >= 0.3 is 5.97 Å². The fourth-order valence-electron chi connectivity index (χ4n) is 2.36. The molecule has 0 aliphatic carbocycles. The standard InChI is InChI=1S/C14H15N3O2S/c1-16-6-7-17(12-5-3-2-4-11(12)16)14-15-10(9-20-14)8-13(18)19/h2-5,9H,6-8H2,1H3,(H,18,19). The van der Waals surface area contributed by atoms with Crippen molar-refractivity contribution in [2.45, 2.75) is 6.42 Å². The number of hydrogen-bond acceptors (Lipinski definition) is 5. The highest BCUT2D eigenvalue weighted by atomic mass is 32.1. The number of fused-ring (bicyclic) bond motifs is 1. The van der Waals surface area contributed by atoms with Crippen LogP contribution in [-0.2, 0) is 11.2 Å². The zero-order valence-corrected chi connectivity index (χ0v) is 11.9. The summed E-state index contributed by atoms with van der Waals surface area (Å²) in [6, 6.07) is 8.20. The summed E-state index contributed by atoms with van der Waals surface area (Å²) in [5, 5.41) is 11.5. The van der Waals surface area contributed by atoms with Crippen LogP contribution in [0.15, 0.2) is 29.6 Å². The summed E-state index contributed by atoms with van der Waals surface area (Å²) in [7, 11) is 2.08. The van der Waals surface area contributed by atoms with Gasteiger partial charge in [-0.2, -0.15) is 0 Å². The van der Waals surface area contributed by atoms with E-state index in [4.69, 9.17) is 5.11 Å². The lowest BCUT2D eigenvalue weighted by Gasteiger charge is -2.35. The van der Waals surface area contributed by atoms with Crippen LogP contribution in [0.4, 0.5) is 16.5 Å². The van der Waals surface area contributed by atoms with Gasteiger partial charge in [0.2, 0.25) is 0 Å². The largest absolute Gasteiger partial charge is 0.481 e. The van der Waals surface area contributed by atoms with Gasteiger partial charge < -0.3 is 14.9 Å². The fourth-order valence-corrected chi connectivity index (χ4v) is 3.23. The van der Waals surface area contributed by atoms with Gasteiger partial charge in [0.25, 0.3) is 0 Å². The van der Waals surface area contributed by atoms with Crippen molar-refractivity contribution < 1.29 is 9.90 Å². The van der Waals surface area contributed by atoms with Crippen molar-refractivity contribution in [3.8, 4) is 0 Å². The minimum Gasteiger partial charge on any atom is -0.481 e. The number of benzene rings is 1. The highest BCUT2D eigenvalue weighted by molar-refractivity contribution is 7.13. The summed E-state index contributed by atoms with van der Waals surface area (Å²) >= 11 is 1.50. The Balaban J connectivity index is 1.93. The van der Waals surface area contributed by atoms with Crippen molar-refractivity contribution in [3.05, 3.63) is 35.3 Å². The molecule has 104 valence electrons. The summed E-state index contributed by atoms with van der Waals surface area (Å²) in [4.78, 5) is 19.6. The lowest BCUT2D eigenvalue weighted by atomic mass is 10.2. The van der Waals surface area contributed by atoms with Gasteiger partial charge in [0.15, 0.2) is 5.13 Å². The van der Waals surface area contributed by atoms with Crippen LogP contribution in [0.1, 0.15) is 5.69 Å². The number of para-hydroxylation sites is 2. The molecule has 0 radical (unpaired) electrons. The molecule has 1 aromatic carbocycles. The fraction of sp³-hybridized carbons (Fsp3) is 0.286. The smallest absolute Gasteiger partial charge is 0.309 e. The predicted octanol–water partition coefficient (Wildman–Crippen LogP) is 2.36. The number of hydrogen-bond donors (Lipinski definition) is 1. The molecule has 5 nitrogen and oxygen atoms in total. The summed E-state index contributed by atoms with van der Waals surface area (Å²) in [6.07, 6.45) is -0.0219. The Hall–Kier alpha value is -2.08. The van der Waals surface area contributed by atoms with Crippen LogP contribution in [-0.4, -0.2) is 36.2 Å². The van der Waals surface area contributed by atoms with Gasteiger partial charge in [-0.3, -0.25) is 4.79 Å². The van der Waals surface area contributed by atoms with Crippen molar-refractivity contribution in [1.29, 1.82) is 0 Å². The van der Waals surface area contributed by atoms with Gasteiger partial charge in [-0.25, -0.2) is 4.98 Å². The molecule has 0 bridgehead atoms. The molecule has 1 aliphatic rings. The molecule has 0 saturated carbocycles. The molecular weight excluding hydrogens is 274 g/mol. The molecule has 1 aromatic heterocycles. The number of carbonyl (C=O) groups is 1. The predicted molar refractivity (Wildman–Crippen MR) is 80.2 cm³/mol.